The number of hydrogen-bond donors (Lipinski definition) is 1. The molecule has 1 aliphatic rings. The van der Waals surface area contributed by atoms with E-state index < -0.39 is 0 Å². The summed E-state index contributed by atoms with van der Waals surface area (Å²) in [5.41, 5.74) is 2.29. The summed E-state index contributed by atoms with van der Waals surface area (Å²) in [5.74, 6) is 0.721. The Bertz CT molecular complexity index is 591. The van der Waals surface area contributed by atoms with Crippen molar-refractivity contribution in [1.29, 1.82) is 0 Å². The number of aromatic nitrogens is 2. The second-order valence-electron chi connectivity index (χ2n) is 4.79. The van der Waals surface area contributed by atoms with Gasteiger partial charge in [0.2, 0.25) is 5.71 Å². The Hall–Kier alpha value is -1.58. The van der Waals surface area contributed by atoms with E-state index in [0.717, 1.165) is 24.2 Å². The van der Waals surface area contributed by atoms with E-state index in [-0.39, 0.29) is 11.3 Å². The minimum atomic E-state index is 0.0283. The Morgan fingerprint density at radius 1 is 1.50 bits per heavy atom. The fourth-order valence-electron chi connectivity index (χ4n) is 2.01. The highest BCUT2D eigenvalue weighted by Crippen LogP contribution is 2.39. The third-order valence-corrected chi connectivity index (χ3v) is 3.07. The molecule has 4 heteroatoms. The zero-order valence-electron chi connectivity index (χ0n) is 9.41. The van der Waals surface area contributed by atoms with Crippen LogP contribution in [0.5, 0.6) is 0 Å². The van der Waals surface area contributed by atoms with Crippen molar-refractivity contribution in [1.82, 2.24) is 10.1 Å². The van der Waals surface area contributed by atoms with Crippen LogP contribution in [0.15, 0.2) is 15.4 Å². The van der Waals surface area contributed by atoms with E-state index in [9.17, 15) is 4.79 Å². The molecule has 84 valence electrons. The molecule has 2 aromatic rings. The summed E-state index contributed by atoms with van der Waals surface area (Å²) < 4.78 is 5.20. The van der Waals surface area contributed by atoms with Crippen LogP contribution in [0, 0.1) is 0 Å². The molecule has 1 saturated carbocycles. The van der Waals surface area contributed by atoms with E-state index >= 15 is 0 Å². The summed E-state index contributed by atoms with van der Waals surface area (Å²) in [7, 11) is 0. The molecule has 0 spiro atoms. The lowest BCUT2D eigenvalue weighted by Crippen LogP contribution is -2.05. The van der Waals surface area contributed by atoms with E-state index in [1.165, 1.54) is 0 Å². The topological polar surface area (TPSA) is 58.9 Å². The van der Waals surface area contributed by atoms with E-state index in [4.69, 9.17) is 4.52 Å². The largest absolute Gasteiger partial charge is 0.337 e. The number of fused-ring (bicyclic) bond motifs is 1. The minimum Gasteiger partial charge on any atom is -0.337 e. The van der Waals surface area contributed by atoms with Crippen molar-refractivity contribution in [2.24, 2.45) is 0 Å². The minimum absolute atomic E-state index is 0.0283. The highest BCUT2D eigenvalue weighted by Gasteiger charge is 2.26. The molecule has 2 heterocycles. The lowest BCUT2D eigenvalue weighted by Gasteiger charge is -1.99. The van der Waals surface area contributed by atoms with Crippen LogP contribution in [0.4, 0.5) is 0 Å². The Morgan fingerprint density at radius 3 is 2.88 bits per heavy atom. The molecule has 2 aromatic heterocycles. The Labute approximate surface area is 92.6 Å². The SMILES string of the molecule is CC(C)c1noc2[nH]c(C3CC3)cc(=O)c12. The van der Waals surface area contributed by atoms with Gasteiger partial charge in [0.1, 0.15) is 5.39 Å². The van der Waals surface area contributed by atoms with Gasteiger partial charge < -0.3 is 9.51 Å². The van der Waals surface area contributed by atoms with E-state index in [2.05, 4.69) is 10.1 Å². The second kappa shape index (κ2) is 3.20. The van der Waals surface area contributed by atoms with Crippen LogP contribution in [-0.4, -0.2) is 10.1 Å². The normalized spacial score (nSPS) is 16.2. The van der Waals surface area contributed by atoms with Crippen molar-refractivity contribution in [3.8, 4) is 0 Å². The summed E-state index contributed by atoms with van der Waals surface area (Å²) in [5, 5.41) is 4.58. The van der Waals surface area contributed by atoms with E-state index in [1.807, 2.05) is 13.8 Å². The second-order valence-corrected chi connectivity index (χ2v) is 4.79. The molecule has 1 fully saturated rings. The third kappa shape index (κ3) is 1.37. The van der Waals surface area contributed by atoms with Gasteiger partial charge in [0.15, 0.2) is 5.43 Å². The number of nitrogens with zero attached hydrogens (tertiary/aromatic N) is 1. The number of aromatic amines is 1. The molecular weight excluding hydrogens is 204 g/mol. The maximum Gasteiger partial charge on any atom is 0.240 e. The molecule has 0 saturated heterocycles. The van der Waals surface area contributed by atoms with Gasteiger partial charge in [-0.15, -0.1) is 0 Å². The lowest BCUT2D eigenvalue weighted by molar-refractivity contribution is 0.434. The van der Waals surface area contributed by atoms with Gasteiger partial charge in [0.05, 0.1) is 5.69 Å². The Morgan fingerprint density at radius 2 is 2.25 bits per heavy atom. The van der Waals surface area contributed by atoms with Crippen molar-refractivity contribution >= 4 is 11.1 Å². The zero-order valence-corrected chi connectivity index (χ0v) is 9.41. The molecule has 0 aliphatic heterocycles. The first-order valence-electron chi connectivity index (χ1n) is 5.69. The first-order chi connectivity index (χ1) is 7.66. The molecule has 0 aromatic carbocycles. The predicted octanol–water partition coefficient (Wildman–Crippen LogP) is 2.52. The maximum absolute atomic E-state index is 12.0. The summed E-state index contributed by atoms with van der Waals surface area (Å²) in [6.07, 6.45) is 2.32. The van der Waals surface area contributed by atoms with E-state index in [0.29, 0.717) is 17.0 Å². The summed E-state index contributed by atoms with van der Waals surface area (Å²) >= 11 is 0. The molecule has 0 amide bonds. The molecule has 0 atom stereocenters. The zero-order chi connectivity index (χ0) is 11.3. The molecule has 0 bridgehead atoms. The Balaban J connectivity index is 2.26. The lowest BCUT2D eigenvalue weighted by atomic mass is 10.1. The average molecular weight is 218 g/mol. The van der Waals surface area contributed by atoms with Crippen LogP contribution in [0.25, 0.3) is 11.1 Å². The fraction of sp³-hybridized carbons (Fsp3) is 0.500. The Kier molecular flexibility index (Phi) is 1.93. The van der Waals surface area contributed by atoms with Crippen LogP contribution in [0.1, 0.15) is 49.9 Å². The molecule has 1 aliphatic carbocycles. The van der Waals surface area contributed by atoms with Crippen LogP contribution >= 0.6 is 0 Å². The van der Waals surface area contributed by atoms with Crippen molar-refractivity contribution in [2.75, 3.05) is 0 Å². The van der Waals surface area contributed by atoms with Crippen molar-refractivity contribution in [3.05, 3.63) is 27.7 Å². The molecule has 16 heavy (non-hydrogen) atoms. The smallest absolute Gasteiger partial charge is 0.240 e. The third-order valence-electron chi connectivity index (χ3n) is 3.07. The monoisotopic (exact) mass is 218 g/mol. The van der Waals surface area contributed by atoms with Gasteiger partial charge in [-0.25, -0.2) is 0 Å². The predicted molar refractivity (Wildman–Crippen MR) is 60.7 cm³/mol. The van der Waals surface area contributed by atoms with Gasteiger partial charge >= 0.3 is 0 Å². The van der Waals surface area contributed by atoms with Gasteiger partial charge in [0.25, 0.3) is 0 Å². The summed E-state index contributed by atoms with van der Waals surface area (Å²) in [6.45, 7) is 4.01. The van der Waals surface area contributed by atoms with Crippen LogP contribution in [0.3, 0.4) is 0 Å². The van der Waals surface area contributed by atoms with E-state index in [1.54, 1.807) is 6.07 Å². The van der Waals surface area contributed by atoms with Gasteiger partial charge in [-0.3, -0.25) is 4.79 Å². The first-order valence-corrected chi connectivity index (χ1v) is 5.69. The summed E-state index contributed by atoms with van der Waals surface area (Å²) in [6, 6.07) is 1.70. The van der Waals surface area contributed by atoms with Crippen molar-refractivity contribution in [3.63, 3.8) is 0 Å². The standard InChI is InChI=1S/C12H14N2O2/c1-6(2)11-10-9(15)5-8(7-3-4-7)13-12(10)16-14-11/h5-7H,3-4H2,1-2H3,(H,13,15). The van der Waals surface area contributed by atoms with Crippen molar-refractivity contribution in [2.45, 2.75) is 38.5 Å². The number of hydrogen-bond acceptors (Lipinski definition) is 3. The van der Waals surface area contributed by atoms with Crippen LogP contribution in [0.2, 0.25) is 0 Å². The molecular formula is C12H14N2O2. The van der Waals surface area contributed by atoms with Crippen LogP contribution in [-0.2, 0) is 0 Å². The number of nitrogens with one attached hydrogen (secondary N) is 1. The first kappa shape index (κ1) is 9.63. The fourth-order valence-corrected chi connectivity index (χ4v) is 2.01. The van der Waals surface area contributed by atoms with Gasteiger partial charge in [0, 0.05) is 11.8 Å². The van der Waals surface area contributed by atoms with Gasteiger partial charge in [-0.2, -0.15) is 0 Å². The highest BCUT2D eigenvalue weighted by molar-refractivity contribution is 5.76. The number of pyridine rings is 1. The molecule has 3 rings (SSSR count). The van der Waals surface area contributed by atoms with Crippen LogP contribution < -0.4 is 5.43 Å². The molecule has 1 N–H and O–H groups in total. The highest BCUT2D eigenvalue weighted by atomic mass is 16.5. The average Bonchev–Trinajstić information content (AvgIpc) is 2.98. The molecule has 0 unspecified atom stereocenters. The molecule has 0 radical (unpaired) electrons. The maximum atomic E-state index is 12.0. The quantitative estimate of drug-likeness (QED) is 0.842. The van der Waals surface area contributed by atoms with Gasteiger partial charge in [-0.05, 0) is 24.7 Å². The number of H-pyrrole nitrogens is 1. The van der Waals surface area contributed by atoms with Gasteiger partial charge in [-0.1, -0.05) is 19.0 Å². The molecule has 4 nitrogen and oxygen atoms in total. The summed E-state index contributed by atoms with van der Waals surface area (Å²) in [4.78, 5) is 15.2. The van der Waals surface area contributed by atoms with Crippen molar-refractivity contribution < 1.29 is 4.52 Å². The number of rotatable bonds is 2.